The second-order valence-electron chi connectivity index (χ2n) is 4.41. The predicted molar refractivity (Wildman–Crippen MR) is 85.2 cm³/mol. The van der Waals surface area contributed by atoms with Crippen molar-refractivity contribution in [1.29, 1.82) is 0 Å². The summed E-state index contributed by atoms with van der Waals surface area (Å²) >= 11 is 3.36. The second-order valence-corrected chi connectivity index (χ2v) is 5.32. The van der Waals surface area contributed by atoms with Crippen molar-refractivity contribution in [2.75, 3.05) is 0 Å². The average molecular weight is 348 g/mol. The third kappa shape index (κ3) is 4.39. The van der Waals surface area contributed by atoms with Crippen LogP contribution >= 0.6 is 15.9 Å². The molecule has 0 spiro atoms. The molecule has 2 aromatic rings. The molecule has 1 heterocycles. The lowest BCUT2D eigenvalue weighted by Gasteiger charge is -2.05. The lowest BCUT2D eigenvalue weighted by atomic mass is 10.1. The number of pyridine rings is 1. The molecule has 0 saturated carbocycles. The number of hydrogen-bond donors (Lipinski definition) is 1. The van der Waals surface area contributed by atoms with Crippen LogP contribution in [0.2, 0.25) is 0 Å². The van der Waals surface area contributed by atoms with Gasteiger partial charge in [0.25, 0.3) is 11.5 Å². The first-order valence-corrected chi connectivity index (χ1v) is 7.10. The summed E-state index contributed by atoms with van der Waals surface area (Å²) in [7, 11) is 0. The zero-order chi connectivity index (χ0) is 15.2. The molecular weight excluding hydrogens is 334 g/mol. The number of carbonyl (C=O) groups is 1. The first-order valence-electron chi connectivity index (χ1n) is 6.31. The lowest BCUT2D eigenvalue weighted by molar-refractivity contribution is -0.121. The van der Waals surface area contributed by atoms with Gasteiger partial charge in [0.05, 0.1) is 5.71 Å². The summed E-state index contributed by atoms with van der Waals surface area (Å²) in [6.07, 6.45) is 1.56. The van der Waals surface area contributed by atoms with Crippen molar-refractivity contribution in [2.45, 2.75) is 13.5 Å². The number of nitrogens with one attached hydrogen (secondary N) is 1. The van der Waals surface area contributed by atoms with Crippen LogP contribution in [0.15, 0.2) is 63.0 Å². The van der Waals surface area contributed by atoms with Gasteiger partial charge in [0, 0.05) is 16.7 Å². The Kier molecular flexibility index (Phi) is 5.05. The fraction of sp³-hybridized carbons (Fsp3) is 0.133. The van der Waals surface area contributed by atoms with E-state index in [1.165, 1.54) is 10.6 Å². The molecular formula is C15H14BrN3O2. The minimum Gasteiger partial charge on any atom is -0.306 e. The Balaban J connectivity index is 2.00. The third-order valence-corrected chi connectivity index (χ3v) is 3.35. The van der Waals surface area contributed by atoms with Gasteiger partial charge < -0.3 is 4.57 Å². The predicted octanol–water partition coefficient (Wildman–Crippen LogP) is 2.15. The van der Waals surface area contributed by atoms with E-state index in [0.29, 0.717) is 5.71 Å². The van der Waals surface area contributed by atoms with Crippen molar-refractivity contribution in [2.24, 2.45) is 5.10 Å². The zero-order valence-electron chi connectivity index (χ0n) is 11.4. The first-order chi connectivity index (χ1) is 10.1. The Morgan fingerprint density at radius 3 is 2.62 bits per heavy atom. The molecule has 0 aliphatic heterocycles. The highest BCUT2D eigenvalue weighted by molar-refractivity contribution is 9.10. The van der Waals surface area contributed by atoms with Crippen molar-refractivity contribution in [3.8, 4) is 0 Å². The van der Waals surface area contributed by atoms with Crippen LogP contribution in [0.25, 0.3) is 0 Å². The number of hydrogen-bond acceptors (Lipinski definition) is 3. The van der Waals surface area contributed by atoms with E-state index < -0.39 is 0 Å². The molecule has 5 nitrogen and oxygen atoms in total. The first kappa shape index (κ1) is 15.2. The molecule has 1 N–H and O–H groups in total. The number of hydrazone groups is 1. The smallest absolute Gasteiger partial charge is 0.260 e. The number of rotatable bonds is 4. The molecule has 6 heteroatoms. The Hall–Kier alpha value is -2.21. The number of benzene rings is 1. The number of halogens is 1. The highest BCUT2D eigenvalue weighted by Gasteiger charge is 2.03. The molecule has 0 bridgehead atoms. The molecule has 0 radical (unpaired) electrons. The summed E-state index contributed by atoms with van der Waals surface area (Å²) in [6.45, 7) is 1.75. The summed E-state index contributed by atoms with van der Waals surface area (Å²) in [5.74, 6) is -0.347. The number of aromatic nitrogens is 1. The van der Waals surface area contributed by atoms with Crippen molar-refractivity contribution in [3.63, 3.8) is 0 Å². The summed E-state index contributed by atoms with van der Waals surface area (Å²) < 4.78 is 2.30. The maximum absolute atomic E-state index is 11.8. The molecule has 1 aromatic carbocycles. The normalized spacial score (nSPS) is 11.2. The largest absolute Gasteiger partial charge is 0.306 e. The molecule has 1 aromatic heterocycles. The van der Waals surface area contributed by atoms with E-state index in [4.69, 9.17) is 0 Å². The monoisotopic (exact) mass is 347 g/mol. The van der Waals surface area contributed by atoms with Crippen LogP contribution < -0.4 is 11.0 Å². The molecule has 0 unspecified atom stereocenters. The fourth-order valence-corrected chi connectivity index (χ4v) is 1.95. The van der Waals surface area contributed by atoms with Gasteiger partial charge in [-0.2, -0.15) is 5.10 Å². The van der Waals surface area contributed by atoms with Gasteiger partial charge in [-0.1, -0.05) is 34.1 Å². The standard InChI is InChI=1S/C15H14BrN3O2/c1-11(12-5-7-13(16)8-6-12)17-18-14(20)10-19-9-3-2-4-15(19)21/h2-9H,10H2,1H3,(H,18,20)/b17-11-. The Labute approximate surface area is 130 Å². The SMILES string of the molecule is C/C(=N/NC(=O)Cn1ccccc1=O)c1ccc(Br)cc1. The van der Waals surface area contributed by atoms with Gasteiger partial charge in [0.15, 0.2) is 0 Å². The molecule has 0 saturated heterocycles. The Morgan fingerprint density at radius 2 is 1.95 bits per heavy atom. The maximum atomic E-state index is 11.8. The average Bonchev–Trinajstić information content (AvgIpc) is 2.48. The van der Waals surface area contributed by atoms with E-state index in [0.717, 1.165) is 10.0 Å². The summed E-state index contributed by atoms with van der Waals surface area (Å²) in [6, 6.07) is 12.3. The fourth-order valence-electron chi connectivity index (χ4n) is 1.68. The van der Waals surface area contributed by atoms with Crippen molar-refractivity contribution in [1.82, 2.24) is 9.99 Å². The van der Waals surface area contributed by atoms with Crippen LogP contribution in [0.3, 0.4) is 0 Å². The van der Waals surface area contributed by atoms with E-state index in [2.05, 4.69) is 26.5 Å². The van der Waals surface area contributed by atoms with E-state index in [1.807, 2.05) is 24.3 Å². The van der Waals surface area contributed by atoms with Crippen LogP contribution in [0.4, 0.5) is 0 Å². The Bertz CT molecular complexity index is 720. The van der Waals surface area contributed by atoms with E-state index in [9.17, 15) is 9.59 Å². The molecule has 108 valence electrons. The van der Waals surface area contributed by atoms with Gasteiger partial charge in [0.2, 0.25) is 0 Å². The highest BCUT2D eigenvalue weighted by Crippen LogP contribution is 2.10. The van der Waals surface area contributed by atoms with Crippen LogP contribution in [-0.4, -0.2) is 16.2 Å². The molecule has 0 atom stereocenters. The van der Waals surface area contributed by atoms with Gasteiger partial charge in [-0.05, 0) is 30.7 Å². The van der Waals surface area contributed by atoms with Crippen LogP contribution in [-0.2, 0) is 11.3 Å². The van der Waals surface area contributed by atoms with Crippen LogP contribution in [0.1, 0.15) is 12.5 Å². The van der Waals surface area contributed by atoms with Crippen molar-refractivity contribution in [3.05, 3.63) is 69.1 Å². The van der Waals surface area contributed by atoms with E-state index >= 15 is 0 Å². The van der Waals surface area contributed by atoms with Gasteiger partial charge in [-0.25, -0.2) is 5.43 Å². The highest BCUT2D eigenvalue weighted by atomic mass is 79.9. The molecule has 0 aliphatic carbocycles. The maximum Gasteiger partial charge on any atom is 0.260 e. The minimum atomic E-state index is -0.347. The summed E-state index contributed by atoms with van der Waals surface area (Å²) in [5, 5.41) is 4.04. The van der Waals surface area contributed by atoms with E-state index in [-0.39, 0.29) is 18.0 Å². The molecule has 0 aliphatic rings. The zero-order valence-corrected chi connectivity index (χ0v) is 13.0. The molecule has 21 heavy (non-hydrogen) atoms. The number of carbonyl (C=O) groups excluding carboxylic acids is 1. The van der Waals surface area contributed by atoms with Crippen LogP contribution in [0, 0.1) is 0 Å². The molecule has 2 rings (SSSR count). The quantitative estimate of drug-likeness (QED) is 0.680. The third-order valence-electron chi connectivity index (χ3n) is 2.82. The van der Waals surface area contributed by atoms with Gasteiger partial charge in [-0.15, -0.1) is 0 Å². The summed E-state index contributed by atoms with van der Waals surface area (Å²) in [4.78, 5) is 23.3. The number of amides is 1. The molecule has 1 amide bonds. The summed E-state index contributed by atoms with van der Waals surface area (Å²) in [5.41, 5.74) is 3.83. The van der Waals surface area contributed by atoms with Gasteiger partial charge in [0.1, 0.15) is 6.54 Å². The Morgan fingerprint density at radius 1 is 1.24 bits per heavy atom. The van der Waals surface area contributed by atoms with Crippen molar-refractivity contribution >= 4 is 27.5 Å². The second kappa shape index (κ2) is 6.99. The van der Waals surface area contributed by atoms with Crippen LogP contribution in [0.5, 0.6) is 0 Å². The van der Waals surface area contributed by atoms with E-state index in [1.54, 1.807) is 25.3 Å². The van der Waals surface area contributed by atoms with Gasteiger partial charge >= 0.3 is 0 Å². The van der Waals surface area contributed by atoms with Crippen molar-refractivity contribution < 1.29 is 4.79 Å². The molecule has 0 fully saturated rings. The minimum absolute atomic E-state index is 0.0587. The lowest BCUT2D eigenvalue weighted by Crippen LogP contribution is -2.29. The number of nitrogens with zero attached hydrogens (tertiary/aromatic N) is 2. The van der Waals surface area contributed by atoms with Gasteiger partial charge in [-0.3, -0.25) is 9.59 Å². The topological polar surface area (TPSA) is 63.5 Å².